The van der Waals surface area contributed by atoms with Crippen LogP contribution in [0.25, 0.3) is 10.9 Å². The summed E-state index contributed by atoms with van der Waals surface area (Å²) >= 11 is 1.81. The molecule has 0 amide bonds. The van der Waals surface area contributed by atoms with Crippen molar-refractivity contribution in [2.24, 2.45) is 5.16 Å². The number of oxime groups is 1. The zero-order chi connectivity index (χ0) is 15.2. The Labute approximate surface area is 136 Å². The number of nitrogens with zero attached hydrogens (tertiary/aromatic N) is 2. The van der Waals surface area contributed by atoms with Gasteiger partial charge in [0.1, 0.15) is 0 Å². The molecule has 1 fully saturated rings. The van der Waals surface area contributed by atoms with E-state index in [0.29, 0.717) is 0 Å². The first-order chi connectivity index (χ1) is 10.9. The first-order valence-corrected chi connectivity index (χ1v) is 8.95. The van der Waals surface area contributed by atoms with Crippen LogP contribution < -0.4 is 0 Å². The van der Waals surface area contributed by atoms with Crippen LogP contribution in [0.15, 0.2) is 41.7 Å². The van der Waals surface area contributed by atoms with E-state index in [1.165, 1.54) is 10.9 Å². The van der Waals surface area contributed by atoms with Crippen molar-refractivity contribution in [1.82, 2.24) is 4.98 Å². The standard InChI is InChI=1S/C16H19N2O2PS/c21-20-18-15(16-6-3-7-19-16)11-22-10-12-8-13-4-1-2-5-14(13)17-9-12/h1-2,4-5,8-9,16H,3,6-7,10-11,21H2/b18-15-. The Bertz CT molecular complexity index is 659. The van der Waals surface area contributed by atoms with Gasteiger partial charge in [0, 0.05) is 29.7 Å². The first-order valence-electron chi connectivity index (χ1n) is 7.32. The zero-order valence-corrected chi connectivity index (χ0v) is 14.2. The molecule has 0 bridgehead atoms. The van der Waals surface area contributed by atoms with Gasteiger partial charge in [-0.25, -0.2) is 0 Å². The fourth-order valence-electron chi connectivity index (χ4n) is 2.56. The summed E-state index contributed by atoms with van der Waals surface area (Å²) in [4.78, 5) is 4.50. The fraction of sp³-hybridized carbons (Fsp3) is 0.375. The summed E-state index contributed by atoms with van der Waals surface area (Å²) in [6, 6.07) is 10.4. The predicted molar refractivity (Wildman–Crippen MR) is 95.1 cm³/mol. The third-order valence-electron chi connectivity index (χ3n) is 3.64. The third kappa shape index (κ3) is 3.97. The smallest absolute Gasteiger partial charge is 0.0998 e. The molecule has 2 aromatic rings. The number of ether oxygens (including phenoxy) is 1. The van der Waals surface area contributed by atoms with Crippen molar-refractivity contribution >= 4 is 37.8 Å². The van der Waals surface area contributed by atoms with Crippen LogP contribution in [-0.2, 0) is 15.1 Å². The molecule has 0 saturated carbocycles. The summed E-state index contributed by atoms with van der Waals surface area (Å²) in [7, 11) is 2.17. The Morgan fingerprint density at radius 3 is 3.18 bits per heavy atom. The number of para-hydroxylation sites is 1. The molecule has 1 aromatic heterocycles. The number of thioether (sulfide) groups is 1. The summed E-state index contributed by atoms with van der Waals surface area (Å²) in [6.45, 7) is 0.819. The van der Waals surface area contributed by atoms with Gasteiger partial charge in [-0.1, -0.05) is 23.4 Å². The molecule has 2 atom stereocenters. The maximum atomic E-state index is 5.68. The highest BCUT2D eigenvalue weighted by molar-refractivity contribution is 7.99. The Balaban J connectivity index is 1.59. The predicted octanol–water partition coefficient (Wildman–Crippen LogP) is 3.81. The van der Waals surface area contributed by atoms with Gasteiger partial charge in [-0.15, -0.1) is 0 Å². The van der Waals surface area contributed by atoms with Gasteiger partial charge in [-0.3, -0.25) is 4.98 Å². The molecule has 1 aromatic carbocycles. The van der Waals surface area contributed by atoms with Gasteiger partial charge in [0.05, 0.1) is 26.8 Å². The van der Waals surface area contributed by atoms with Crippen LogP contribution in [0, 0.1) is 0 Å². The quantitative estimate of drug-likeness (QED) is 0.458. The van der Waals surface area contributed by atoms with Crippen LogP contribution in [0.4, 0.5) is 0 Å². The minimum atomic E-state index is 0.114. The number of hydrogen-bond acceptors (Lipinski definition) is 5. The second kappa shape index (κ2) is 7.91. The Morgan fingerprint density at radius 1 is 1.45 bits per heavy atom. The fourth-order valence-corrected chi connectivity index (χ4v) is 3.63. The molecule has 0 spiro atoms. The summed E-state index contributed by atoms with van der Waals surface area (Å²) in [5, 5.41) is 5.29. The molecule has 0 radical (unpaired) electrons. The lowest BCUT2D eigenvalue weighted by Crippen LogP contribution is -2.22. The SMILES string of the molecule is PO/N=C(/CSCc1cnc2ccccc2c1)C1CCCO1. The van der Waals surface area contributed by atoms with Gasteiger partial charge in [-0.05, 0) is 30.5 Å². The van der Waals surface area contributed by atoms with E-state index in [-0.39, 0.29) is 6.10 Å². The van der Waals surface area contributed by atoms with Crippen LogP contribution in [-0.4, -0.2) is 29.2 Å². The maximum Gasteiger partial charge on any atom is 0.0998 e. The highest BCUT2D eigenvalue weighted by Gasteiger charge is 2.22. The normalized spacial score (nSPS) is 18.8. The van der Waals surface area contributed by atoms with Crippen LogP contribution in [0.2, 0.25) is 0 Å². The van der Waals surface area contributed by atoms with E-state index in [0.717, 1.165) is 42.2 Å². The van der Waals surface area contributed by atoms with Gasteiger partial charge < -0.3 is 9.36 Å². The topological polar surface area (TPSA) is 43.7 Å². The summed E-state index contributed by atoms with van der Waals surface area (Å²) < 4.78 is 10.6. The first kappa shape index (κ1) is 15.7. The van der Waals surface area contributed by atoms with E-state index >= 15 is 0 Å². The average molecular weight is 334 g/mol. The van der Waals surface area contributed by atoms with Crippen LogP contribution in [0.3, 0.4) is 0 Å². The number of pyridine rings is 1. The number of benzene rings is 1. The number of rotatable bonds is 6. The van der Waals surface area contributed by atoms with Crippen LogP contribution >= 0.6 is 21.2 Å². The highest BCUT2D eigenvalue weighted by Crippen LogP contribution is 2.21. The highest BCUT2D eigenvalue weighted by atomic mass is 32.2. The Morgan fingerprint density at radius 2 is 2.36 bits per heavy atom. The van der Waals surface area contributed by atoms with Gasteiger partial charge in [0.2, 0.25) is 0 Å². The Hall–Kier alpha value is -1.16. The third-order valence-corrected chi connectivity index (χ3v) is 4.78. The summed E-state index contributed by atoms with van der Waals surface area (Å²) in [5.74, 6) is 1.71. The van der Waals surface area contributed by atoms with E-state index in [2.05, 4.69) is 31.7 Å². The molecule has 0 aliphatic carbocycles. The van der Waals surface area contributed by atoms with E-state index in [4.69, 9.17) is 9.36 Å². The molecular formula is C16H19N2O2PS. The zero-order valence-electron chi connectivity index (χ0n) is 12.3. The molecule has 4 nitrogen and oxygen atoms in total. The van der Waals surface area contributed by atoms with Crippen molar-refractivity contribution in [3.8, 4) is 0 Å². The molecule has 1 aliphatic heterocycles. The van der Waals surface area contributed by atoms with Crippen molar-refractivity contribution in [1.29, 1.82) is 0 Å². The number of fused-ring (bicyclic) bond motifs is 1. The molecule has 22 heavy (non-hydrogen) atoms. The maximum absolute atomic E-state index is 5.68. The molecule has 6 heteroatoms. The van der Waals surface area contributed by atoms with Crippen LogP contribution in [0.1, 0.15) is 18.4 Å². The van der Waals surface area contributed by atoms with Gasteiger partial charge in [0.15, 0.2) is 0 Å². The van der Waals surface area contributed by atoms with Crippen molar-refractivity contribution < 1.29 is 9.36 Å². The minimum Gasteiger partial charge on any atom is -0.383 e. The van der Waals surface area contributed by atoms with Crippen molar-refractivity contribution in [3.05, 3.63) is 42.1 Å². The summed E-state index contributed by atoms with van der Waals surface area (Å²) in [6.07, 6.45) is 4.19. The minimum absolute atomic E-state index is 0.114. The van der Waals surface area contributed by atoms with Crippen molar-refractivity contribution in [2.45, 2.75) is 24.7 Å². The van der Waals surface area contributed by atoms with Gasteiger partial charge >= 0.3 is 0 Å². The monoisotopic (exact) mass is 334 g/mol. The van der Waals surface area contributed by atoms with Crippen LogP contribution in [0.5, 0.6) is 0 Å². The second-order valence-electron chi connectivity index (χ2n) is 5.22. The molecule has 0 N–H and O–H groups in total. The molecule has 3 rings (SSSR count). The second-order valence-corrected chi connectivity index (χ2v) is 6.42. The molecule has 1 aliphatic rings. The van der Waals surface area contributed by atoms with Gasteiger partial charge in [0.25, 0.3) is 0 Å². The van der Waals surface area contributed by atoms with E-state index in [1.807, 2.05) is 36.2 Å². The average Bonchev–Trinajstić information content (AvgIpc) is 3.08. The largest absolute Gasteiger partial charge is 0.383 e. The van der Waals surface area contributed by atoms with E-state index in [9.17, 15) is 0 Å². The molecule has 2 unspecified atom stereocenters. The lowest BCUT2D eigenvalue weighted by Gasteiger charge is -2.12. The lowest BCUT2D eigenvalue weighted by atomic mass is 10.2. The molecule has 116 valence electrons. The lowest BCUT2D eigenvalue weighted by molar-refractivity contribution is 0.156. The van der Waals surface area contributed by atoms with E-state index in [1.54, 1.807) is 0 Å². The van der Waals surface area contributed by atoms with E-state index < -0.39 is 0 Å². The van der Waals surface area contributed by atoms with Crippen molar-refractivity contribution in [3.63, 3.8) is 0 Å². The molecule has 2 heterocycles. The molecular weight excluding hydrogens is 315 g/mol. The number of aromatic nitrogens is 1. The molecule has 1 saturated heterocycles. The summed E-state index contributed by atoms with van der Waals surface area (Å²) in [5.41, 5.74) is 3.24. The van der Waals surface area contributed by atoms with Gasteiger partial charge in [-0.2, -0.15) is 11.8 Å². The number of hydrogen-bond donors (Lipinski definition) is 0. The Kier molecular flexibility index (Phi) is 5.65. The van der Waals surface area contributed by atoms with Crippen molar-refractivity contribution in [2.75, 3.05) is 12.4 Å².